The van der Waals surface area contributed by atoms with E-state index in [9.17, 15) is 4.79 Å². The summed E-state index contributed by atoms with van der Waals surface area (Å²) in [6.45, 7) is 2.69. The molecule has 0 aromatic rings. The summed E-state index contributed by atoms with van der Waals surface area (Å²) in [4.78, 5) is 12.3. The van der Waals surface area contributed by atoms with Gasteiger partial charge < -0.3 is 21.0 Å². The van der Waals surface area contributed by atoms with Crippen LogP contribution in [0.4, 0.5) is 0 Å². The molecule has 1 saturated heterocycles. The summed E-state index contributed by atoms with van der Waals surface area (Å²) in [7, 11) is 0. The Bertz CT molecular complexity index is 359. The highest BCUT2D eigenvalue weighted by Crippen LogP contribution is 2.28. The van der Waals surface area contributed by atoms with E-state index < -0.39 is 0 Å². The van der Waals surface area contributed by atoms with Crippen molar-refractivity contribution < 1.29 is 14.7 Å². The molecule has 4 atom stereocenters. The Morgan fingerprint density at radius 2 is 2.21 bits per heavy atom. The van der Waals surface area contributed by atoms with Crippen molar-refractivity contribution in [3.63, 3.8) is 0 Å². The Kier molecular flexibility index (Phi) is 4.63. The first-order valence-corrected chi connectivity index (χ1v) is 7.06. The van der Waals surface area contributed by atoms with Crippen LogP contribution < -0.4 is 11.1 Å². The number of carbonyl (C=O) groups is 1. The molecule has 2 aliphatic rings. The van der Waals surface area contributed by atoms with Crippen molar-refractivity contribution in [2.24, 2.45) is 22.7 Å². The highest BCUT2D eigenvalue weighted by Gasteiger charge is 2.37. The smallest absolute Gasteiger partial charge is 0.226 e. The maximum Gasteiger partial charge on any atom is 0.226 e. The molecule has 1 heterocycles. The van der Waals surface area contributed by atoms with Crippen LogP contribution in [-0.2, 0) is 9.53 Å². The lowest BCUT2D eigenvalue weighted by molar-refractivity contribution is -0.127. The van der Waals surface area contributed by atoms with Gasteiger partial charge in [0.25, 0.3) is 0 Å². The minimum atomic E-state index is -0.0569. The summed E-state index contributed by atoms with van der Waals surface area (Å²) in [5.74, 6) is 0.166. The van der Waals surface area contributed by atoms with Gasteiger partial charge in [-0.1, -0.05) is 18.5 Å². The number of carbonyl (C=O) groups excluding carboxylic acids is 1. The average Bonchev–Trinajstić information content (AvgIpc) is 3.05. The molecule has 2 rings (SSSR count). The highest BCUT2D eigenvalue weighted by molar-refractivity contribution is 5.85. The van der Waals surface area contributed by atoms with Crippen LogP contribution in [0.1, 0.15) is 39.0 Å². The van der Waals surface area contributed by atoms with Gasteiger partial charge in [-0.15, -0.1) is 0 Å². The zero-order valence-corrected chi connectivity index (χ0v) is 11.3. The van der Waals surface area contributed by atoms with E-state index in [0.29, 0.717) is 6.61 Å². The molecular weight excluding hydrogens is 246 g/mol. The van der Waals surface area contributed by atoms with E-state index in [1.54, 1.807) is 0 Å². The molecule has 4 unspecified atom stereocenters. The molecule has 4 N–H and O–H groups in total. The summed E-state index contributed by atoms with van der Waals surface area (Å²) in [5, 5.41) is 14.9. The Balaban J connectivity index is 1.94. The van der Waals surface area contributed by atoms with E-state index in [1.165, 1.54) is 0 Å². The molecule has 6 nitrogen and oxygen atoms in total. The fraction of sp³-hybridized carbons (Fsp3) is 0.846. The van der Waals surface area contributed by atoms with Crippen LogP contribution in [0.2, 0.25) is 0 Å². The van der Waals surface area contributed by atoms with E-state index in [4.69, 9.17) is 15.7 Å². The highest BCUT2D eigenvalue weighted by atomic mass is 16.5. The van der Waals surface area contributed by atoms with Crippen LogP contribution in [-0.4, -0.2) is 35.7 Å². The van der Waals surface area contributed by atoms with E-state index in [0.717, 1.165) is 32.1 Å². The number of amides is 1. The summed E-state index contributed by atoms with van der Waals surface area (Å²) in [6.07, 6.45) is 4.40. The lowest BCUT2D eigenvalue weighted by Gasteiger charge is -2.23. The molecule has 0 radical (unpaired) electrons. The maximum atomic E-state index is 12.3. The number of hydrogen-bond acceptors (Lipinski definition) is 4. The molecule has 108 valence electrons. The zero-order valence-electron chi connectivity index (χ0n) is 11.3. The average molecular weight is 269 g/mol. The first-order chi connectivity index (χ1) is 9.17. The van der Waals surface area contributed by atoms with Crippen LogP contribution in [0.15, 0.2) is 5.16 Å². The van der Waals surface area contributed by atoms with Gasteiger partial charge in [0.15, 0.2) is 0 Å². The summed E-state index contributed by atoms with van der Waals surface area (Å²) < 4.78 is 5.55. The summed E-state index contributed by atoms with van der Waals surface area (Å²) in [6, 6.07) is -0.0125. The second-order valence-electron chi connectivity index (χ2n) is 5.39. The number of hydrogen-bond donors (Lipinski definition) is 3. The molecule has 0 bridgehead atoms. The SMILES string of the molecule is CCC1OCCC1C(=O)NC1CCCC1C(N)=NO. The number of nitrogens with two attached hydrogens (primary N) is 1. The molecule has 19 heavy (non-hydrogen) atoms. The van der Waals surface area contributed by atoms with Gasteiger partial charge in [-0.05, 0) is 25.7 Å². The second kappa shape index (κ2) is 6.23. The fourth-order valence-electron chi connectivity index (χ4n) is 3.20. The number of nitrogens with one attached hydrogen (secondary N) is 1. The van der Waals surface area contributed by atoms with Gasteiger partial charge in [0.05, 0.1) is 12.0 Å². The number of oxime groups is 1. The minimum absolute atomic E-state index is 0.0125. The predicted octanol–water partition coefficient (Wildman–Crippen LogP) is 0.833. The van der Waals surface area contributed by atoms with Crippen molar-refractivity contribution in [1.29, 1.82) is 0 Å². The number of ether oxygens (including phenoxy) is 1. The van der Waals surface area contributed by atoms with Gasteiger partial charge in [0, 0.05) is 18.6 Å². The summed E-state index contributed by atoms with van der Waals surface area (Å²) >= 11 is 0. The standard InChI is InChI=1S/C13H23N3O3/c1-2-11-9(6-7-19-11)13(17)15-10-5-3-4-8(10)12(14)16-18/h8-11,18H,2-7H2,1H3,(H2,14,16)(H,15,17). The van der Waals surface area contributed by atoms with Gasteiger partial charge in [-0.3, -0.25) is 4.79 Å². The van der Waals surface area contributed by atoms with Crippen LogP contribution in [0, 0.1) is 11.8 Å². The van der Waals surface area contributed by atoms with Crippen LogP contribution in [0.5, 0.6) is 0 Å². The van der Waals surface area contributed by atoms with Gasteiger partial charge in [-0.25, -0.2) is 0 Å². The molecule has 1 aliphatic carbocycles. The van der Waals surface area contributed by atoms with Crippen molar-refractivity contribution in [3.05, 3.63) is 0 Å². The summed E-state index contributed by atoms with van der Waals surface area (Å²) in [5.41, 5.74) is 5.68. The molecule has 1 aliphatic heterocycles. The fourth-order valence-corrected chi connectivity index (χ4v) is 3.20. The van der Waals surface area contributed by atoms with Crippen molar-refractivity contribution in [3.8, 4) is 0 Å². The Morgan fingerprint density at radius 1 is 1.42 bits per heavy atom. The van der Waals surface area contributed by atoms with E-state index in [-0.39, 0.29) is 35.7 Å². The van der Waals surface area contributed by atoms with Gasteiger partial charge in [-0.2, -0.15) is 0 Å². The van der Waals surface area contributed by atoms with Gasteiger partial charge in [0.2, 0.25) is 5.91 Å². The monoisotopic (exact) mass is 269 g/mol. The first-order valence-electron chi connectivity index (χ1n) is 7.06. The molecule has 6 heteroatoms. The third-order valence-corrected chi connectivity index (χ3v) is 4.29. The zero-order chi connectivity index (χ0) is 13.8. The second-order valence-corrected chi connectivity index (χ2v) is 5.39. The van der Waals surface area contributed by atoms with Gasteiger partial charge in [0.1, 0.15) is 5.84 Å². The van der Waals surface area contributed by atoms with Crippen molar-refractivity contribution in [2.45, 2.75) is 51.2 Å². The quantitative estimate of drug-likeness (QED) is 0.305. The Morgan fingerprint density at radius 3 is 2.89 bits per heavy atom. The molecule has 1 saturated carbocycles. The molecule has 0 spiro atoms. The van der Waals surface area contributed by atoms with Gasteiger partial charge >= 0.3 is 0 Å². The normalized spacial score (nSPS) is 35.5. The first kappa shape index (κ1) is 14.1. The minimum Gasteiger partial charge on any atom is -0.409 e. The molecule has 1 amide bonds. The molecule has 0 aromatic heterocycles. The van der Waals surface area contributed by atoms with Crippen LogP contribution >= 0.6 is 0 Å². The topological polar surface area (TPSA) is 96.9 Å². The van der Waals surface area contributed by atoms with E-state index in [1.807, 2.05) is 6.92 Å². The van der Waals surface area contributed by atoms with Crippen molar-refractivity contribution in [1.82, 2.24) is 5.32 Å². The van der Waals surface area contributed by atoms with Crippen LogP contribution in [0.3, 0.4) is 0 Å². The predicted molar refractivity (Wildman–Crippen MR) is 70.8 cm³/mol. The third kappa shape index (κ3) is 3.00. The number of rotatable bonds is 4. The Labute approximate surface area is 113 Å². The van der Waals surface area contributed by atoms with E-state index in [2.05, 4.69) is 10.5 Å². The largest absolute Gasteiger partial charge is 0.409 e. The van der Waals surface area contributed by atoms with E-state index >= 15 is 0 Å². The van der Waals surface area contributed by atoms with Crippen molar-refractivity contribution in [2.75, 3.05) is 6.61 Å². The molecule has 2 fully saturated rings. The van der Waals surface area contributed by atoms with Crippen LogP contribution in [0.25, 0.3) is 0 Å². The number of amidine groups is 1. The number of nitrogens with zero attached hydrogens (tertiary/aromatic N) is 1. The van der Waals surface area contributed by atoms with Crippen molar-refractivity contribution >= 4 is 11.7 Å². The third-order valence-electron chi connectivity index (χ3n) is 4.29. The lowest BCUT2D eigenvalue weighted by atomic mass is 9.96. The molecule has 0 aromatic carbocycles. The maximum absolute atomic E-state index is 12.3. The molecular formula is C13H23N3O3. The Hall–Kier alpha value is -1.30. The lowest BCUT2D eigenvalue weighted by Crippen LogP contribution is -2.46.